The van der Waals surface area contributed by atoms with E-state index in [-0.39, 0.29) is 29.6 Å². The molecule has 7 atom stereocenters. The second kappa shape index (κ2) is 6.98. The normalized spacial score (nSPS) is 45.2. The minimum absolute atomic E-state index is 0.107. The average molecular weight is 469 g/mol. The van der Waals surface area contributed by atoms with E-state index in [4.69, 9.17) is 13.7 Å². The summed E-state index contributed by atoms with van der Waals surface area (Å²) >= 11 is 0. The van der Waals surface area contributed by atoms with Gasteiger partial charge < -0.3 is 14.6 Å². The number of aliphatic hydroxyl groups is 1. The molecule has 32 heavy (non-hydrogen) atoms. The maximum absolute atomic E-state index is 14.4. The summed E-state index contributed by atoms with van der Waals surface area (Å²) in [6.45, 7) is 13.7. The molecule has 0 amide bonds. The first-order valence-corrected chi connectivity index (χ1v) is 13.2. The molecule has 1 saturated carbocycles. The monoisotopic (exact) mass is 468 g/mol. The molecular weight excluding hydrogens is 432 g/mol. The fourth-order valence-electron chi connectivity index (χ4n) is 6.50. The Balaban J connectivity index is 2.05. The Morgan fingerprint density at radius 3 is 2.38 bits per heavy atom. The van der Waals surface area contributed by atoms with Gasteiger partial charge in [-0.15, -0.1) is 0 Å². The van der Waals surface area contributed by atoms with Crippen LogP contribution in [0.3, 0.4) is 0 Å². The maximum Gasteiger partial charge on any atom is 0.265 e. The van der Waals surface area contributed by atoms with Crippen LogP contribution in [0.1, 0.15) is 54.9 Å². The molecule has 1 N–H and O–H groups in total. The SMILES string of the molecule is CC1=C[C@]23C(=O)[C@@H](C=C4COC(C)(C)O[C@H]4[C@]2(O)C1OS(C)(=O)=O)C(C)(C)[C@H](C)C[C@H]3C. The molecule has 1 unspecified atom stereocenters. The van der Waals surface area contributed by atoms with Gasteiger partial charge in [0.15, 0.2) is 11.6 Å². The van der Waals surface area contributed by atoms with E-state index in [9.17, 15) is 18.3 Å². The molecule has 0 radical (unpaired) electrons. The summed E-state index contributed by atoms with van der Waals surface area (Å²) in [6, 6.07) is 0. The van der Waals surface area contributed by atoms with Crippen LogP contribution >= 0.6 is 0 Å². The minimum Gasteiger partial charge on any atom is -0.382 e. The zero-order valence-electron chi connectivity index (χ0n) is 20.3. The Morgan fingerprint density at radius 1 is 1.16 bits per heavy atom. The molecule has 4 rings (SSSR count). The van der Waals surface area contributed by atoms with Gasteiger partial charge >= 0.3 is 0 Å². The van der Waals surface area contributed by atoms with Crippen LogP contribution in [-0.2, 0) is 28.6 Å². The summed E-state index contributed by atoms with van der Waals surface area (Å²) in [7, 11) is -3.93. The van der Waals surface area contributed by atoms with Gasteiger partial charge in [-0.25, -0.2) is 0 Å². The number of rotatable bonds is 2. The molecule has 8 heteroatoms. The summed E-state index contributed by atoms with van der Waals surface area (Å²) in [5.41, 5.74) is -2.47. The number of hydrogen-bond acceptors (Lipinski definition) is 7. The van der Waals surface area contributed by atoms with E-state index < -0.39 is 45.0 Å². The third-order valence-corrected chi connectivity index (χ3v) is 9.10. The predicted molar refractivity (Wildman–Crippen MR) is 119 cm³/mol. The summed E-state index contributed by atoms with van der Waals surface area (Å²) in [6.07, 6.45) is 3.16. The van der Waals surface area contributed by atoms with E-state index in [2.05, 4.69) is 20.8 Å². The molecule has 4 aliphatic rings. The summed E-state index contributed by atoms with van der Waals surface area (Å²) < 4.78 is 42.2. The van der Waals surface area contributed by atoms with Crippen LogP contribution in [0.15, 0.2) is 23.3 Å². The van der Waals surface area contributed by atoms with Crippen molar-refractivity contribution in [2.45, 2.75) is 78.5 Å². The Hall–Kier alpha value is -1.06. The number of hydrogen-bond donors (Lipinski definition) is 1. The van der Waals surface area contributed by atoms with Crippen LogP contribution in [0.25, 0.3) is 0 Å². The first kappa shape index (κ1) is 24.1. The van der Waals surface area contributed by atoms with E-state index in [0.29, 0.717) is 17.6 Å². The largest absolute Gasteiger partial charge is 0.382 e. The third-order valence-electron chi connectivity index (χ3n) is 8.55. The highest BCUT2D eigenvalue weighted by Crippen LogP contribution is 2.63. The molecule has 180 valence electrons. The second-order valence-electron chi connectivity index (χ2n) is 11.4. The number of Topliss-reactive ketones (excluding diaryl/α,β-unsaturated/α-hetero) is 1. The Morgan fingerprint density at radius 2 is 1.78 bits per heavy atom. The number of carbonyl (C=O) groups excluding carboxylic acids is 1. The van der Waals surface area contributed by atoms with E-state index in [1.165, 1.54) is 0 Å². The fraction of sp³-hybridized carbons (Fsp3) is 0.792. The topological polar surface area (TPSA) is 99.1 Å². The molecule has 2 bridgehead atoms. The third kappa shape index (κ3) is 3.13. The van der Waals surface area contributed by atoms with Crippen molar-refractivity contribution in [3.63, 3.8) is 0 Å². The summed E-state index contributed by atoms with van der Waals surface area (Å²) in [4.78, 5) is 14.4. The molecule has 1 aliphatic heterocycles. The van der Waals surface area contributed by atoms with Crippen LogP contribution in [0, 0.1) is 28.6 Å². The van der Waals surface area contributed by atoms with Crippen LogP contribution in [0.4, 0.5) is 0 Å². The molecule has 7 nitrogen and oxygen atoms in total. The lowest BCUT2D eigenvalue weighted by molar-refractivity contribution is -0.301. The van der Waals surface area contributed by atoms with Gasteiger partial charge in [0.1, 0.15) is 17.8 Å². The van der Waals surface area contributed by atoms with Crippen LogP contribution < -0.4 is 0 Å². The van der Waals surface area contributed by atoms with Crippen molar-refractivity contribution in [2.24, 2.45) is 28.6 Å². The van der Waals surface area contributed by atoms with Gasteiger partial charge in [-0.2, -0.15) is 8.42 Å². The lowest BCUT2D eigenvalue weighted by atomic mass is 9.59. The number of fused-ring (bicyclic) bond motifs is 3. The molecule has 0 aromatic carbocycles. The molecule has 2 fully saturated rings. The molecule has 1 heterocycles. The van der Waals surface area contributed by atoms with Crippen LogP contribution in [0.2, 0.25) is 0 Å². The number of ether oxygens (including phenoxy) is 2. The van der Waals surface area contributed by atoms with Gasteiger partial charge in [0.05, 0.1) is 18.3 Å². The Labute approximate surface area is 191 Å². The molecule has 0 aromatic heterocycles. The van der Waals surface area contributed by atoms with E-state index in [1.54, 1.807) is 26.8 Å². The summed E-state index contributed by atoms with van der Waals surface area (Å²) in [5, 5.41) is 12.7. The van der Waals surface area contributed by atoms with Gasteiger partial charge in [-0.1, -0.05) is 39.8 Å². The van der Waals surface area contributed by atoms with Crippen LogP contribution in [0.5, 0.6) is 0 Å². The molecule has 3 aliphatic carbocycles. The van der Waals surface area contributed by atoms with Crippen molar-refractivity contribution in [1.82, 2.24) is 0 Å². The van der Waals surface area contributed by atoms with E-state index in [0.717, 1.165) is 6.26 Å². The van der Waals surface area contributed by atoms with Gasteiger partial charge in [0, 0.05) is 5.92 Å². The van der Waals surface area contributed by atoms with E-state index >= 15 is 0 Å². The molecule has 0 aromatic rings. The maximum atomic E-state index is 14.4. The number of allylic oxidation sites excluding steroid dienone is 1. The average Bonchev–Trinajstić information content (AvgIpc) is 2.80. The predicted octanol–water partition coefficient (Wildman–Crippen LogP) is 2.99. The fourth-order valence-corrected chi connectivity index (χ4v) is 7.15. The molecule has 1 spiro atoms. The highest BCUT2D eigenvalue weighted by Gasteiger charge is 2.74. The van der Waals surface area contributed by atoms with E-state index in [1.807, 2.05) is 13.0 Å². The minimum atomic E-state index is -3.93. The standard InChI is InChI=1S/C24H36O7S/c1-13-11-23-15(3)9-14(2)21(4,5)17(18(23)25)10-16-12-29-22(6,7)30-20(16)24(23,26)19(13)31-32(8,27)28/h10-11,14-15,17,19-20,26H,9,12H2,1-8H3/t14-,15-,17-,19?,20-,23+,24-/m1/s1. The van der Waals surface area contributed by atoms with Gasteiger partial charge in [0.2, 0.25) is 0 Å². The lowest BCUT2D eigenvalue weighted by Gasteiger charge is -2.52. The van der Waals surface area contributed by atoms with Gasteiger partial charge in [-0.3, -0.25) is 8.98 Å². The lowest BCUT2D eigenvalue weighted by Crippen LogP contribution is -2.68. The van der Waals surface area contributed by atoms with Crippen molar-refractivity contribution in [1.29, 1.82) is 0 Å². The van der Waals surface area contributed by atoms with Crippen molar-refractivity contribution >= 4 is 15.9 Å². The highest BCUT2D eigenvalue weighted by molar-refractivity contribution is 7.86. The van der Waals surface area contributed by atoms with Crippen molar-refractivity contribution in [3.05, 3.63) is 23.3 Å². The first-order chi connectivity index (χ1) is 14.5. The van der Waals surface area contributed by atoms with Crippen molar-refractivity contribution < 1.29 is 32.0 Å². The zero-order chi connectivity index (χ0) is 24.1. The highest BCUT2D eigenvalue weighted by atomic mass is 32.2. The summed E-state index contributed by atoms with van der Waals surface area (Å²) in [5.74, 6) is -1.68. The second-order valence-corrected chi connectivity index (χ2v) is 13.0. The smallest absolute Gasteiger partial charge is 0.265 e. The first-order valence-electron chi connectivity index (χ1n) is 11.3. The number of ketones is 1. The van der Waals surface area contributed by atoms with Gasteiger partial charge in [-0.05, 0) is 55.6 Å². The zero-order valence-corrected chi connectivity index (χ0v) is 21.1. The Kier molecular flexibility index (Phi) is 5.25. The van der Waals surface area contributed by atoms with Crippen LogP contribution in [-0.4, -0.2) is 55.8 Å². The molecule has 1 saturated heterocycles. The van der Waals surface area contributed by atoms with Crippen molar-refractivity contribution in [3.8, 4) is 0 Å². The quantitative estimate of drug-likeness (QED) is 0.491. The van der Waals surface area contributed by atoms with Gasteiger partial charge in [0.25, 0.3) is 10.1 Å². The number of carbonyl (C=O) groups is 1. The molecular formula is C24H36O7S. The Bertz CT molecular complexity index is 1010. The van der Waals surface area contributed by atoms with Crippen molar-refractivity contribution in [2.75, 3.05) is 12.9 Å².